The highest BCUT2D eigenvalue weighted by Gasteiger charge is 2.20. The van der Waals surface area contributed by atoms with E-state index in [9.17, 15) is 0 Å². The Morgan fingerprint density at radius 3 is 1.64 bits per heavy atom. The fourth-order valence-electron chi connectivity index (χ4n) is 1.02. The summed E-state index contributed by atoms with van der Waals surface area (Å²) < 4.78 is 0. The monoisotopic (exact) mass is 162 g/mol. The molecule has 0 aromatic carbocycles. The van der Waals surface area contributed by atoms with Gasteiger partial charge in [-0.1, -0.05) is 13.8 Å². The smallest absolute Gasteiger partial charge is 0.0483 e. The van der Waals surface area contributed by atoms with Gasteiger partial charge in [0, 0.05) is 25.7 Å². The molecule has 3 nitrogen and oxygen atoms in total. The molecular weight excluding hydrogens is 144 g/mol. The molecular formula is C8H18O3. The summed E-state index contributed by atoms with van der Waals surface area (Å²) in [5, 5.41) is 26.4. The van der Waals surface area contributed by atoms with Crippen LogP contribution in [0.15, 0.2) is 0 Å². The summed E-state index contributed by atoms with van der Waals surface area (Å²) >= 11 is 0. The average Bonchev–Trinajstić information content (AvgIpc) is 2.05. The standard InChI is InChI=1S/C8H18O3/c1-6(3-9)7(2)8(4-10)5-11/h6-11H,3-5H2,1-2H3. The molecule has 0 aliphatic carbocycles. The van der Waals surface area contributed by atoms with Gasteiger partial charge in [-0.05, 0) is 11.8 Å². The number of hydrogen-bond donors (Lipinski definition) is 3. The molecule has 0 radical (unpaired) electrons. The Balaban J connectivity index is 3.86. The molecule has 0 aromatic heterocycles. The molecule has 11 heavy (non-hydrogen) atoms. The summed E-state index contributed by atoms with van der Waals surface area (Å²) in [6.45, 7) is 3.92. The maximum atomic E-state index is 8.80. The first-order valence-corrected chi connectivity index (χ1v) is 3.99. The molecule has 0 fully saturated rings. The molecule has 68 valence electrons. The van der Waals surface area contributed by atoms with E-state index in [0.29, 0.717) is 0 Å². The molecule has 2 atom stereocenters. The topological polar surface area (TPSA) is 60.7 Å². The zero-order valence-corrected chi connectivity index (χ0v) is 7.20. The second-order valence-electron chi connectivity index (χ2n) is 3.14. The first-order valence-electron chi connectivity index (χ1n) is 3.99. The normalized spacial score (nSPS) is 16.9. The van der Waals surface area contributed by atoms with Crippen molar-refractivity contribution in [2.45, 2.75) is 13.8 Å². The fourth-order valence-corrected chi connectivity index (χ4v) is 1.02. The van der Waals surface area contributed by atoms with E-state index in [1.54, 1.807) is 0 Å². The zero-order valence-electron chi connectivity index (χ0n) is 7.20. The molecule has 0 spiro atoms. The van der Waals surface area contributed by atoms with Gasteiger partial charge in [-0.25, -0.2) is 0 Å². The summed E-state index contributed by atoms with van der Waals surface area (Å²) in [6.07, 6.45) is 0. The molecule has 0 bridgehead atoms. The predicted molar refractivity (Wildman–Crippen MR) is 43.1 cm³/mol. The van der Waals surface area contributed by atoms with Crippen LogP contribution in [0.25, 0.3) is 0 Å². The van der Waals surface area contributed by atoms with Gasteiger partial charge in [0.1, 0.15) is 0 Å². The molecule has 0 saturated carbocycles. The maximum Gasteiger partial charge on any atom is 0.0483 e. The van der Waals surface area contributed by atoms with Crippen LogP contribution in [0.2, 0.25) is 0 Å². The molecule has 2 unspecified atom stereocenters. The lowest BCUT2D eigenvalue weighted by Gasteiger charge is -2.24. The van der Waals surface area contributed by atoms with Crippen LogP contribution < -0.4 is 0 Å². The van der Waals surface area contributed by atoms with Crippen LogP contribution in [0.1, 0.15) is 13.8 Å². The van der Waals surface area contributed by atoms with Gasteiger partial charge in [-0.2, -0.15) is 0 Å². The van der Waals surface area contributed by atoms with E-state index in [2.05, 4.69) is 0 Å². The number of aliphatic hydroxyl groups is 3. The van der Waals surface area contributed by atoms with Crippen LogP contribution in [0.5, 0.6) is 0 Å². The van der Waals surface area contributed by atoms with Gasteiger partial charge in [0.05, 0.1) is 0 Å². The van der Waals surface area contributed by atoms with Crippen molar-refractivity contribution in [1.29, 1.82) is 0 Å². The minimum atomic E-state index is -0.0999. The maximum absolute atomic E-state index is 8.80. The van der Waals surface area contributed by atoms with Crippen LogP contribution in [-0.2, 0) is 0 Å². The Kier molecular flexibility index (Phi) is 5.46. The lowest BCUT2D eigenvalue weighted by molar-refractivity contribution is 0.0716. The van der Waals surface area contributed by atoms with Crippen molar-refractivity contribution in [3.63, 3.8) is 0 Å². The highest BCUT2D eigenvalue weighted by molar-refractivity contribution is 4.69. The molecule has 0 rings (SSSR count). The molecule has 0 heterocycles. The van der Waals surface area contributed by atoms with Crippen molar-refractivity contribution in [1.82, 2.24) is 0 Å². The van der Waals surface area contributed by atoms with Gasteiger partial charge >= 0.3 is 0 Å². The van der Waals surface area contributed by atoms with E-state index < -0.39 is 0 Å². The number of hydrogen-bond acceptors (Lipinski definition) is 3. The van der Waals surface area contributed by atoms with Crippen molar-refractivity contribution in [3.05, 3.63) is 0 Å². The van der Waals surface area contributed by atoms with E-state index in [1.165, 1.54) is 0 Å². The molecule has 3 N–H and O–H groups in total. The van der Waals surface area contributed by atoms with Crippen molar-refractivity contribution >= 4 is 0 Å². The average molecular weight is 162 g/mol. The first kappa shape index (κ1) is 10.9. The van der Waals surface area contributed by atoms with Crippen LogP contribution in [0, 0.1) is 17.8 Å². The Morgan fingerprint density at radius 2 is 1.36 bits per heavy atom. The summed E-state index contributed by atoms with van der Waals surface area (Å²) in [7, 11) is 0. The van der Waals surface area contributed by atoms with Gasteiger partial charge in [0.25, 0.3) is 0 Å². The van der Waals surface area contributed by atoms with Crippen molar-refractivity contribution in [2.75, 3.05) is 19.8 Å². The Hall–Kier alpha value is -0.120. The van der Waals surface area contributed by atoms with Crippen molar-refractivity contribution in [2.24, 2.45) is 17.8 Å². The highest BCUT2D eigenvalue weighted by atomic mass is 16.3. The van der Waals surface area contributed by atoms with Crippen LogP contribution >= 0.6 is 0 Å². The third-order valence-corrected chi connectivity index (χ3v) is 2.40. The lowest BCUT2D eigenvalue weighted by atomic mass is 9.85. The molecule has 0 amide bonds. The van der Waals surface area contributed by atoms with Crippen molar-refractivity contribution < 1.29 is 15.3 Å². The molecule has 0 aromatic rings. The lowest BCUT2D eigenvalue weighted by Crippen LogP contribution is -2.26. The van der Waals surface area contributed by atoms with Crippen LogP contribution in [0.4, 0.5) is 0 Å². The third kappa shape index (κ3) is 3.18. The van der Waals surface area contributed by atoms with E-state index in [4.69, 9.17) is 15.3 Å². The minimum absolute atomic E-state index is 0.0119. The molecule has 0 saturated heterocycles. The van der Waals surface area contributed by atoms with E-state index in [-0.39, 0.29) is 37.6 Å². The van der Waals surface area contributed by atoms with Gasteiger partial charge in [0.2, 0.25) is 0 Å². The summed E-state index contributed by atoms with van der Waals surface area (Å²) in [4.78, 5) is 0. The van der Waals surface area contributed by atoms with Crippen LogP contribution in [0.3, 0.4) is 0 Å². The number of rotatable bonds is 5. The largest absolute Gasteiger partial charge is 0.396 e. The fraction of sp³-hybridized carbons (Fsp3) is 1.00. The summed E-state index contributed by atoms with van der Waals surface area (Å²) in [5.41, 5.74) is 0. The molecule has 0 aliphatic heterocycles. The van der Waals surface area contributed by atoms with Crippen molar-refractivity contribution in [3.8, 4) is 0 Å². The van der Waals surface area contributed by atoms with Gasteiger partial charge in [0.15, 0.2) is 0 Å². The van der Waals surface area contributed by atoms with Gasteiger partial charge in [-0.3, -0.25) is 0 Å². The first-order chi connectivity index (χ1) is 5.17. The second kappa shape index (κ2) is 5.52. The minimum Gasteiger partial charge on any atom is -0.396 e. The summed E-state index contributed by atoms with van der Waals surface area (Å²) in [5.74, 6) is 0.200. The Bertz CT molecular complexity index is 91.3. The highest BCUT2D eigenvalue weighted by Crippen LogP contribution is 2.19. The van der Waals surface area contributed by atoms with Gasteiger partial charge < -0.3 is 15.3 Å². The third-order valence-electron chi connectivity index (χ3n) is 2.40. The van der Waals surface area contributed by atoms with E-state index in [1.807, 2.05) is 13.8 Å². The van der Waals surface area contributed by atoms with Crippen LogP contribution in [-0.4, -0.2) is 35.1 Å². The molecule has 3 heteroatoms. The SMILES string of the molecule is CC(CO)C(C)C(CO)CO. The Morgan fingerprint density at radius 1 is 0.909 bits per heavy atom. The predicted octanol–water partition coefficient (Wildman–Crippen LogP) is -0.148. The van der Waals surface area contributed by atoms with E-state index >= 15 is 0 Å². The molecule has 0 aliphatic rings. The van der Waals surface area contributed by atoms with E-state index in [0.717, 1.165) is 0 Å². The second-order valence-corrected chi connectivity index (χ2v) is 3.14. The van der Waals surface area contributed by atoms with Gasteiger partial charge in [-0.15, -0.1) is 0 Å². The summed E-state index contributed by atoms with van der Waals surface area (Å²) in [6, 6.07) is 0. The zero-order chi connectivity index (χ0) is 8.85. The number of aliphatic hydroxyl groups excluding tert-OH is 3. The Labute approximate surface area is 67.7 Å². The quantitative estimate of drug-likeness (QED) is 0.527.